The first-order valence-electron chi connectivity index (χ1n) is 9.90. The van der Waals surface area contributed by atoms with Gasteiger partial charge in [0.2, 0.25) is 5.91 Å². The summed E-state index contributed by atoms with van der Waals surface area (Å²) in [7, 11) is 0. The van der Waals surface area contributed by atoms with E-state index in [-0.39, 0.29) is 17.3 Å². The molecule has 0 saturated heterocycles. The largest absolute Gasteiger partial charge is 0.506 e. The molecule has 2 aromatic heterocycles. The van der Waals surface area contributed by atoms with Crippen LogP contribution in [0.4, 0.5) is 5.69 Å². The number of nitrogens with one attached hydrogen (secondary N) is 1. The van der Waals surface area contributed by atoms with Gasteiger partial charge in [-0.05, 0) is 62.8 Å². The zero-order valence-electron chi connectivity index (χ0n) is 17.1. The van der Waals surface area contributed by atoms with Gasteiger partial charge in [-0.1, -0.05) is 18.7 Å². The highest BCUT2D eigenvalue weighted by Gasteiger charge is 2.26. The lowest BCUT2D eigenvalue weighted by atomic mass is 9.89. The number of aldehydes is 1. The molecular formula is C22H23N3O3S2. The first kappa shape index (κ1) is 20.8. The molecule has 4 rings (SSSR count). The summed E-state index contributed by atoms with van der Waals surface area (Å²) in [5, 5.41) is 14.2. The van der Waals surface area contributed by atoms with Crippen LogP contribution in [0.2, 0.25) is 0 Å². The molecule has 0 radical (unpaired) electrons. The molecule has 0 aliphatic heterocycles. The number of phenolic OH excluding ortho intramolecular Hbond substituents is 1. The van der Waals surface area contributed by atoms with Crippen LogP contribution in [0.1, 0.15) is 46.9 Å². The summed E-state index contributed by atoms with van der Waals surface area (Å²) in [4.78, 5) is 35.5. The number of nitrogens with zero attached hydrogens (tertiary/aromatic N) is 2. The molecule has 1 aliphatic carbocycles. The van der Waals surface area contributed by atoms with Gasteiger partial charge in [-0.25, -0.2) is 9.97 Å². The summed E-state index contributed by atoms with van der Waals surface area (Å²) < 4.78 is 0. The van der Waals surface area contributed by atoms with Crippen molar-refractivity contribution in [3.8, 4) is 5.75 Å². The van der Waals surface area contributed by atoms with Crippen molar-refractivity contribution < 1.29 is 14.7 Å². The molecular weight excluding hydrogens is 418 g/mol. The number of amides is 1. The Morgan fingerprint density at radius 2 is 2.20 bits per heavy atom. The quantitative estimate of drug-likeness (QED) is 0.257. The minimum absolute atomic E-state index is 0.0764. The zero-order valence-corrected chi connectivity index (χ0v) is 18.7. The van der Waals surface area contributed by atoms with Crippen molar-refractivity contribution in [3.63, 3.8) is 0 Å². The molecule has 2 atom stereocenters. The van der Waals surface area contributed by atoms with Crippen LogP contribution in [-0.2, 0) is 17.6 Å². The third-order valence-electron chi connectivity index (χ3n) is 5.31. The number of fused-ring (bicyclic) bond motifs is 3. The van der Waals surface area contributed by atoms with Gasteiger partial charge < -0.3 is 10.4 Å². The molecule has 156 valence electrons. The van der Waals surface area contributed by atoms with Crippen molar-refractivity contribution in [2.75, 3.05) is 5.32 Å². The average Bonchev–Trinajstić information content (AvgIpc) is 3.06. The molecule has 2 N–H and O–H groups in total. The van der Waals surface area contributed by atoms with E-state index in [1.165, 1.54) is 40.4 Å². The van der Waals surface area contributed by atoms with E-state index in [1.807, 2.05) is 13.8 Å². The van der Waals surface area contributed by atoms with Crippen molar-refractivity contribution in [3.05, 3.63) is 40.0 Å². The minimum atomic E-state index is -0.445. The lowest BCUT2D eigenvalue weighted by Crippen LogP contribution is -2.22. The zero-order chi connectivity index (χ0) is 21.4. The van der Waals surface area contributed by atoms with Crippen LogP contribution in [0.3, 0.4) is 0 Å². The Kier molecular flexibility index (Phi) is 5.79. The van der Waals surface area contributed by atoms with Gasteiger partial charge >= 0.3 is 0 Å². The van der Waals surface area contributed by atoms with Crippen molar-refractivity contribution in [2.45, 2.75) is 50.3 Å². The summed E-state index contributed by atoms with van der Waals surface area (Å²) in [6.07, 6.45) is 3.92. The predicted molar refractivity (Wildman–Crippen MR) is 121 cm³/mol. The Hall–Kier alpha value is -2.45. The molecule has 0 fully saturated rings. The number of carbonyl (C=O) groups excluding carboxylic acids is 2. The SMILES string of the molecule is Cc1nc(SC(C)C(=O)Nc2cc(C=O)ccc2O)c2c3c(sc2n1)CC(C)CC3. The Morgan fingerprint density at radius 3 is 2.97 bits per heavy atom. The number of rotatable bonds is 5. The fraction of sp³-hybridized carbons (Fsp3) is 0.364. The van der Waals surface area contributed by atoms with Crippen LogP contribution in [0.15, 0.2) is 23.2 Å². The number of carbonyl (C=O) groups is 2. The summed E-state index contributed by atoms with van der Waals surface area (Å²) in [6.45, 7) is 5.96. The molecule has 0 spiro atoms. The smallest absolute Gasteiger partial charge is 0.237 e. The monoisotopic (exact) mass is 441 g/mol. The number of benzene rings is 1. The van der Waals surface area contributed by atoms with Crippen molar-refractivity contribution in [2.24, 2.45) is 5.92 Å². The van der Waals surface area contributed by atoms with E-state index < -0.39 is 5.25 Å². The molecule has 8 heteroatoms. The lowest BCUT2D eigenvalue weighted by Gasteiger charge is -2.18. The van der Waals surface area contributed by atoms with E-state index in [9.17, 15) is 14.7 Å². The molecule has 1 aliphatic rings. The second-order valence-electron chi connectivity index (χ2n) is 7.75. The average molecular weight is 442 g/mol. The van der Waals surface area contributed by atoms with E-state index in [0.717, 1.165) is 34.5 Å². The van der Waals surface area contributed by atoms with Crippen molar-refractivity contribution in [1.82, 2.24) is 9.97 Å². The van der Waals surface area contributed by atoms with Crippen LogP contribution in [0.5, 0.6) is 5.75 Å². The molecule has 0 bridgehead atoms. The molecule has 2 unspecified atom stereocenters. The van der Waals surface area contributed by atoms with Crippen LogP contribution in [0.25, 0.3) is 10.2 Å². The van der Waals surface area contributed by atoms with E-state index in [4.69, 9.17) is 0 Å². The molecule has 30 heavy (non-hydrogen) atoms. The number of hydrogen-bond donors (Lipinski definition) is 2. The van der Waals surface area contributed by atoms with E-state index in [1.54, 1.807) is 11.3 Å². The van der Waals surface area contributed by atoms with Gasteiger partial charge in [-0.2, -0.15) is 0 Å². The highest BCUT2D eigenvalue weighted by Crippen LogP contribution is 2.41. The Morgan fingerprint density at radius 1 is 1.40 bits per heavy atom. The summed E-state index contributed by atoms with van der Waals surface area (Å²) in [5.74, 6) is 1.03. The molecule has 1 aromatic carbocycles. The lowest BCUT2D eigenvalue weighted by molar-refractivity contribution is -0.115. The van der Waals surface area contributed by atoms with Crippen LogP contribution < -0.4 is 5.32 Å². The fourth-order valence-corrected chi connectivity index (χ4v) is 6.19. The summed E-state index contributed by atoms with van der Waals surface area (Å²) in [5.41, 5.74) is 1.94. The van der Waals surface area contributed by atoms with Gasteiger partial charge in [0.05, 0.1) is 10.9 Å². The maximum Gasteiger partial charge on any atom is 0.237 e. The number of aromatic nitrogens is 2. The third-order valence-corrected chi connectivity index (χ3v) is 7.54. The molecule has 3 aromatic rings. The van der Waals surface area contributed by atoms with Gasteiger partial charge in [-0.3, -0.25) is 9.59 Å². The Balaban J connectivity index is 1.61. The molecule has 1 amide bonds. The summed E-state index contributed by atoms with van der Waals surface area (Å²) in [6, 6.07) is 4.35. The van der Waals surface area contributed by atoms with Gasteiger partial charge in [0.25, 0.3) is 0 Å². The molecule has 6 nitrogen and oxygen atoms in total. The maximum absolute atomic E-state index is 12.8. The minimum Gasteiger partial charge on any atom is -0.506 e. The highest BCUT2D eigenvalue weighted by molar-refractivity contribution is 8.00. The van der Waals surface area contributed by atoms with Crippen LogP contribution >= 0.6 is 23.1 Å². The normalized spacial score (nSPS) is 16.8. The molecule has 2 heterocycles. The number of thiophene rings is 1. The van der Waals surface area contributed by atoms with Crippen molar-refractivity contribution >= 4 is 51.2 Å². The first-order valence-corrected chi connectivity index (χ1v) is 11.6. The van der Waals surface area contributed by atoms with Gasteiger partial charge in [0.1, 0.15) is 27.7 Å². The number of phenols is 1. The van der Waals surface area contributed by atoms with Crippen molar-refractivity contribution in [1.29, 1.82) is 0 Å². The fourth-order valence-electron chi connectivity index (χ4n) is 3.68. The molecule has 0 saturated carbocycles. The predicted octanol–water partition coefficient (Wildman–Crippen LogP) is 4.76. The Bertz CT molecular complexity index is 1140. The second-order valence-corrected chi connectivity index (χ2v) is 10.2. The topological polar surface area (TPSA) is 92.2 Å². The number of thioether (sulfide) groups is 1. The summed E-state index contributed by atoms with van der Waals surface area (Å²) >= 11 is 3.15. The van der Waals surface area contributed by atoms with Crippen LogP contribution in [-0.4, -0.2) is 32.5 Å². The highest BCUT2D eigenvalue weighted by atomic mass is 32.2. The third kappa shape index (κ3) is 4.06. The van der Waals surface area contributed by atoms with Gasteiger partial charge in [-0.15, -0.1) is 11.3 Å². The first-order chi connectivity index (χ1) is 14.4. The van der Waals surface area contributed by atoms with Gasteiger partial charge in [0, 0.05) is 15.8 Å². The Labute approximate surface area is 183 Å². The number of aromatic hydroxyl groups is 1. The maximum atomic E-state index is 12.8. The number of hydrogen-bond acceptors (Lipinski definition) is 7. The number of aryl methyl sites for hydroxylation is 2. The standard InChI is InChI=1S/C22H23N3O3S2/c1-11-4-6-15-18(8-11)30-22-19(15)21(23-13(3)24-22)29-12(2)20(28)25-16-9-14(10-26)5-7-17(16)27/h5,7,9-12,27H,4,6,8H2,1-3H3,(H,25,28). The second kappa shape index (κ2) is 8.35. The number of anilines is 1. The van der Waals surface area contributed by atoms with E-state index >= 15 is 0 Å². The van der Waals surface area contributed by atoms with E-state index in [2.05, 4.69) is 22.2 Å². The van der Waals surface area contributed by atoms with E-state index in [0.29, 0.717) is 23.6 Å². The van der Waals surface area contributed by atoms with Gasteiger partial charge in [0.15, 0.2) is 0 Å². The van der Waals surface area contributed by atoms with Crippen LogP contribution in [0, 0.1) is 12.8 Å².